The van der Waals surface area contributed by atoms with Gasteiger partial charge < -0.3 is 14.6 Å². The number of nitrogens with zero attached hydrogens (tertiary/aromatic N) is 2. The average molecular weight is 318 g/mol. The zero-order valence-electron chi connectivity index (χ0n) is 13.6. The molecule has 5 nitrogen and oxygen atoms in total. The molecule has 1 saturated carbocycles. The van der Waals surface area contributed by atoms with Crippen molar-refractivity contribution in [1.29, 1.82) is 0 Å². The van der Waals surface area contributed by atoms with Crippen LogP contribution in [-0.2, 0) is 4.74 Å². The smallest absolute Gasteiger partial charge is 0.138 e. The highest BCUT2D eigenvalue weighted by molar-refractivity contribution is 5.16. The molecular weight excluding hydrogens is 292 g/mol. The van der Waals surface area contributed by atoms with Crippen LogP contribution in [0.15, 0.2) is 24.5 Å². The molecule has 3 fully saturated rings. The van der Waals surface area contributed by atoms with Gasteiger partial charge in [0, 0.05) is 57.8 Å². The van der Waals surface area contributed by atoms with Gasteiger partial charge in [0.15, 0.2) is 0 Å². The van der Waals surface area contributed by atoms with Crippen LogP contribution in [0.2, 0.25) is 0 Å². The predicted molar refractivity (Wildman–Crippen MR) is 86.3 cm³/mol. The van der Waals surface area contributed by atoms with E-state index in [0.29, 0.717) is 31.2 Å². The summed E-state index contributed by atoms with van der Waals surface area (Å²) in [6.07, 6.45) is 7.74. The average Bonchev–Trinajstić information content (AvgIpc) is 3.10. The van der Waals surface area contributed by atoms with Crippen LogP contribution in [-0.4, -0.2) is 59.5 Å². The van der Waals surface area contributed by atoms with Gasteiger partial charge in [-0.25, -0.2) is 0 Å². The molecule has 1 N–H and O–H groups in total. The Bertz CT molecular complexity index is 518. The van der Waals surface area contributed by atoms with E-state index >= 15 is 0 Å². The molecule has 0 aromatic carbocycles. The molecule has 23 heavy (non-hydrogen) atoms. The topological polar surface area (TPSA) is 54.8 Å². The first-order chi connectivity index (χ1) is 11.2. The number of pyridine rings is 1. The van der Waals surface area contributed by atoms with E-state index in [1.165, 1.54) is 6.42 Å². The van der Waals surface area contributed by atoms with Crippen LogP contribution in [0.5, 0.6) is 5.75 Å². The molecule has 2 saturated heterocycles. The first-order valence-corrected chi connectivity index (χ1v) is 8.81. The summed E-state index contributed by atoms with van der Waals surface area (Å²) < 4.78 is 11.6. The lowest BCUT2D eigenvalue weighted by Crippen LogP contribution is -2.46. The summed E-state index contributed by atoms with van der Waals surface area (Å²) in [6.45, 7) is 4.29. The molecule has 5 heteroatoms. The van der Waals surface area contributed by atoms with Gasteiger partial charge in [-0.3, -0.25) is 9.88 Å². The molecular formula is C18H26N2O3. The monoisotopic (exact) mass is 318 g/mol. The molecule has 3 aliphatic rings. The third kappa shape index (κ3) is 3.37. The van der Waals surface area contributed by atoms with Crippen LogP contribution in [0.4, 0.5) is 0 Å². The van der Waals surface area contributed by atoms with Gasteiger partial charge in [-0.15, -0.1) is 0 Å². The minimum atomic E-state index is -0.559. The fraction of sp³-hybridized carbons (Fsp3) is 0.722. The molecule has 1 aromatic heterocycles. The second-order valence-electron chi connectivity index (χ2n) is 7.38. The van der Waals surface area contributed by atoms with Gasteiger partial charge in [0.05, 0.1) is 11.8 Å². The van der Waals surface area contributed by atoms with E-state index < -0.39 is 5.60 Å². The van der Waals surface area contributed by atoms with E-state index in [1.807, 2.05) is 12.1 Å². The molecule has 126 valence electrons. The number of hydrogen-bond acceptors (Lipinski definition) is 5. The second-order valence-corrected chi connectivity index (χ2v) is 7.38. The fourth-order valence-electron chi connectivity index (χ4n) is 4.50. The summed E-state index contributed by atoms with van der Waals surface area (Å²) in [5.41, 5.74) is -0.559. The second kappa shape index (κ2) is 6.38. The van der Waals surface area contributed by atoms with E-state index in [-0.39, 0.29) is 0 Å². The zero-order chi connectivity index (χ0) is 15.7. The van der Waals surface area contributed by atoms with Gasteiger partial charge >= 0.3 is 0 Å². The fourth-order valence-corrected chi connectivity index (χ4v) is 4.50. The van der Waals surface area contributed by atoms with Crippen molar-refractivity contribution in [2.75, 3.05) is 32.8 Å². The highest BCUT2D eigenvalue weighted by Gasteiger charge is 2.45. The van der Waals surface area contributed by atoms with Crippen LogP contribution >= 0.6 is 0 Å². The summed E-state index contributed by atoms with van der Waals surface area (Å²) in [7, 11) is 0. The van der Waals surface area contributed by atoms with Gasteiger partial charge in [0.2, 0.25) is 0 Å². The first-order valence-electron chi connectivity index (χ1n) is 8.81. The molecule has 2 aliphatic heterocycles. The van der Waals surface area contributed by atoms with E-state index in [1.54, 1.807) is 12.4 Å². The van der Waals surface area contributed by atoms with Crippen molar-refractivity contribution in [2.24, 2.45) is 11.8 Å². The molecule has 0 bridgehead atoms. The summed E-state index contributed by atoms with van der Waals surface area (Å²) >= 11 is 0. The standard InChI is InChI=1S/C18H26N2O3/c21-18(5-8-22-9-6-18)13-20-11-14-3-4-17(16(14)12-20)23-15-2-1-7-19-10-15/h1-2,7,10,14,16-17,21H,3-6,8-9,11-13H2/t14-,16+,17-/m1/s1. The van der Waals surface area contributed by atoms with Crippen molar-refractivity contribution >= 4 is 0 Å². The molecule has 1 aliphatic carbocycles. The molecule has 4 rings (SSSR count). The van der Waals surface area contributed by atoms with Crippen molar-refractivity contribution in [2.45, 2.75) is 37.4 Å². The van der Waals surface area contributed by atoms with Crippen molar-refractivity contribution in [3.63, 3.8) is 0 Å². The normalized spacial score (nSPS) is 33.5. The lowest BCUT2D eigenvalue weighted by molar-refractivity contribution is -0.0783. The molecule has 1 aromatic rings. The van der Waals surface area contributed by atoms with E-state index in [2.05, 4.69) is 9.88 Å². The number of fused-ring (bicyclic) bond motifs is 1. The van der Waals surface area contributed by atoms with Crippen LogP contribution < -0.4 is 4.74 Å². The Labute approximate surface area is 137 Å². The van der Waals surface area contributed by atoms with Gasteiger partial charge in [-0.2, -0.15) is 0 Å². The minimum Gasteiger partial charge on any atom is -0.488 e. The van der Waals surface area contributed by atoms with Gasteiger partial charge in [0.25, 0.3) is 0 Å². The maximum absolute atomic E-state index is 10.7. The third-order valence-corrected chi connectivity index (χ3v) is 5.73. The number of β-amino-alcohol motifs (C(OH)–C–C–N with tert-alkyl or cyclic N) is 1. The molecule has 0 spiro atoms. The molecule has 3 atom stereocenters. The molecule has 0 amide bonds. The largest absolute Gasteiger partial charge is 0.488 e. The van der Waals surface area contributed by atoms with Crippen molar-refractivity contribution in [1.82, 2.24) is 9.88 Å². The number of likely N-dealkylation sites (tertiary alicyclic amines) is 1. The number of aliphatic hydroxyl groups is 1. The van der Waals surface area contributed by atoms with Crippen LogP contribution in [0, 0.1) is 11.8 Å². The lowest BCUT2D eigenvalue weighted by atomic mass is 9.94. The van der Waals surface area contributed by atoms with E-state index in [9.17, 15) is 5.11 Å². The summed E-state index contributed by atoms with van der Waals surface area (Å²) in [5, 5.41) is 10.7. The Morgan fingerprint density at radius 3 is 2.96 bits per heavy atom. The number of hydrogen-bond donors (Lipinski definition) is 1. The van der Waals surface area contributed by atoms with Crippen molar-refractivity contribution in [3.05, 3.63) is 24.5 Å². The van der Waals surface area contributed by atoms with E-state index in [4.69, 9.17) is 9.47 Å². The Hall–Kier alpha value is -1.17. The zero-order valence-corrected chi connectivity index (χ0v) is 13.6. The summed E-state index contributed by atoms with van der Waals surface area (Å²) in [4.78, 5) is 6.58. The van der Waals surface area contributed by atoms with Gasteiger partial charge in [-0.1, -0.05) is 0 Å². The first kappa shape index (κ1) is 15.4. The highest BCUT2D eigenvalue weighted by Crippen LogP contribution is 2.40. The number of aromatic nitrogens is 1. The predicted octanol–water partition coefficient (Wildman–Crippen LogP) is 1.71. The molecule has 0 radical (unpaired) electrons. The van der Waals surface area contributed by atoms with Crippen LogP contribution in [0.1, 0.15) is 25.7 Å². The van der Waals surface area contributed by atoms with Crippen LogP contribution in [0.25, 0.3) is 0 Å². The lowest BCUT2D eigenvalue weighted by Gasteiger charge is -2.35. The van der Waals surface area contributed by atoms with E-state index in [0.717, 1.165) is 44.6 Å². The number of rotatable bonds is 4. The third-order valence-electron chi connectivity index (χ3n) is 5.73. The summed E-state index contributed by atoms with van der Waals surface area (Å²) in [6, 6.07) is 3.90. The van der Waals surface area contributed by atoms with Gasteiger partial charge in [-0.05, 0) is 30.9 Å². The quantitative estimate of drug-likeness (QED) is 0.916. The molecule has 3 heterocycles. The van der Waals surface area contributed by atoms with Crippen LogP contribution in [0.3, 0.4) is 0 Å². The Kier molecular flexibility index (Phi) is 4.26. The van der Waals surface area contributed by atoms with Gasteiger partial charge in [0.1, 0.15) is 11.9 Å². The highest BCUT2D eigenvalue weighted by atomic mass is 16.5. The Morgan fingerprint density at radius 1 is 1.30 bits per heavy atom. The maximum Gasteiger partial charge on any atom is 0.138 e. The maximum atomic E-state index is 10.7. The SMILES string of the molecule is OC1(CN2C[C@H]3CC[C@@H](Oc4cccnc4)[C@H]3C2)CCOCC1. The Balaban J connectivity index is 1.35. The number of ether oxygens (including phenoxy) is 2. The summed E-state index contributed by atoms with van der Waals surface area (Å²) in [5.74, 6) is 2.17. The van der Waals surface area contributed by atoms with Crippen molar-refractivity contribution < 1.29 is 14.6 Å². The van der Waals surface area contributed by atoms with Crippen molar-refractivity contribution in [3.8, 4) is 5.75 Å². The molecule has 0 unspecified atom stereocenters. The Morgan fingerprint density at radius 2 is 2.17 bits per heavy atom. The minimum absolute atomic E-state index is 0.290.